The number of Topliss-reactive ketones (excluding diaryl/α,β-unsaturated/α-hetero) is 1. The maximum absolute atomic E-state index is 11.6. The van der Waals surface area contributed by atoms with Gasteiger partial charge in [-0.1, -0.05) is 5.57 Å². The van der Waals surface area contributed by atoms with Crippen molar-refractivity contribution in [2.75, 3.05) is 20.5 Å². The van der Waals surface area contributed by atoms with Gasteiger partial charge in [-0.2, -0.15) is 0 Å². The van der Waals surface area contributed by atoms with Crippen molar-refractivity contribution >= 4 is 5.78 Å². The van der Waals surface area contributed by atoms with Gasteiger partial charge in [0.15, 0.2) is 12.6 Å². The Morgan fingerprint density at radius 3 is 2.50 bits per heavy atom. The van der Waals surface area contributed by atoms with Gasteiger partial charge in [-0.15, -0.1) is 0 Å². The van der Waals surface area contributed by atoms with Crippen molar-refractivity contribution in [3.8, 4) is 17.2 Å². The number of benzene rings is 1. The number of phenols is 1. The molecular formula is C15H20O5. The molecule has 0 fully saturated rings. The molecule has 1 N–H and O–H groups in total. The van der Waals surface area contributed by atoms with E-state index in [1.807, 2.05) is 19.9 Å². The molecule has 5 heteroatoms. The summed E-state index contributed by atoms with van der Waals surface area (Å²) < 4.78 is 15.6. The summed E-state index contributed by atoms with van der Waals surface area (Å²) in [4.78, 5) is 11.6. The Balaban J connectivity index is 3.05. The first-order valence-electron chi connectivity index (χ1n) is 6.21. The fraction of sp³-hybridized carbons (Fsp3) is 0.400. The van der Waals surface area contributed by atoms with E-state index in [0.717, 1.165) is 5.57 Å². The van der Waals surface area contributed by atoms with Crippen LogP contribution in [-0.2, 0) is 4.74 Å². The number of ether oxygens (including phenoxy) is 3. The molecule has 0 spiro atoms. The Kier molecular flexibility index (Phi) is 6.06. The van der Waals surface area contributed by atoms with Crippen LogP contribution in [0.1, 0.15) is 31.1 Å². The zero-order chi connectivity index (χ0) is 15.1. The number of allylic oxidation sites excluding steroid dienone is 1. The second kappa shape index (κ2) is 7.55. The number of phenolic OH excluding ortho intramolecular Hbond substituents is 1. The first-order valence-corrected chi connectivity index (χ1v) is 6.21. The average Bonchev–Trinajstić information content (AvgIpc) is 2.34. The molecule has 0 aliphatic heterocycles. The maximum atomic E-state index is 11.6. The van der Waals surface area contributed by atoms with Gasteiger partial charge < -0.3 is 19.3 Å². The second-order valence-electron chi connectivity index (χ2n) is 4.52. The lowest BCUT2D eigenvalue weighted by atomic mass is 10.1. The SMILES string of the molecule is COCOc1cc(O)c(C(C)=O)c(OCC=C(C)C)c1. The van der Waals surface area contributed by atoms with Crippen molar-refractivity contribution in [1.82, 2.24) is 0 Å². The number of aromatic hydroxyl groups is 1. The van der Waals surface area contributed by atoms with Gasteiger partial charge in [-0.05, 0) is 26.8 Å². The number of ketones is 1. The predicted molar refractivity (Wildman–Crippen MR) is 75.5 cm³/mol. The highest BCUT2D eigenvalue weighted by atomic mass is 16.7. The van der Waals surface area contributed by atoms with Crippen LogP contribution < -0.4 is 9.47 Å². The number of hydrogen-bond donors (Lipinski definition) is 1. The van der Waals surface area contributed by atoms with E-state index in [2.05, 4.69) is 0 Å². The third-order valence-electron chi connectivity index (χ3n) is 2.48. The summed E-state index contributed by atoms with van der Waals surface area (Å²) in [5.41, 5.74) is 1.25. The van der Waals surface area contributed by atoms with Gasteiger partial charge in [0.05, 0.1) is 0 Å². The number of hydrogen-bond acceptors (Lipinski definition) is 5. The van der Waals surface area contributed by atoms with Crippen LogP contribution in [0.3, 0.4) is 0 Å². The van der Waals surface area contributed by atoms with E-state index in [1.54, 1.807) is 6.07 Å². The molecule has 0 heterocycles. The van der Waals surface area contributed by atoms with Crippen molar-refractivity contribution in [3.05, 3.63) is 29.3 Å². The van der Waals surface area contributed by atoms with E-state index in [9.17, 15) is 9.90 Å². The van der Waals surface area contributed by atoms with Gasteiger partial charge in [0, 0.05) is 19.2 Å². The molecule has 1 aromatic carbocycles. The van der Waals surface area contributed by atoms with Crippen molar-refractivity contribution in [2.45, 2.75) is 20.8 Å². The molecule has 0 aromatic heterocycles. The molecule has 20 heavy (non-hydrogen) atoms. The lowest BCUT2D eigenvalue weighted by Gasteiger charge is -2.13. The average molecular weight is 280 g/mol. The minimum Gasteiger partial charge on any atom is -0.507 e. The molecular weight excluding hydrogens is 260 g/mol. The van der Waals surface area contributed by atoms with Crippen molar-refractivity contribution in [3.63, 3.8) is 0 Å². The molecule has 0 bridgehead atoms. The molecule has 0 aliphatic carbocycles. The maximum Gasteiger partial charge on any atom is 0.188 e. The number of methoxy groups -OCH3 is 1. The van der Waals surface area contributed by atoms with E-state index >= 15 is 0 Å². The van der Waals surface area contributed by atoms with Crippen LogP contribution in [0.4, 0.5) is 0 Å². The zero-order valence-electron chi connectivity index (χ0n) is 12.2. The van der Waals surface area contributed by atoms with Crippen LogP contribution in [0.25, 0.3) is 0 Å². The van der Waals surface area contributed by atoms with Crippen LogP contribution in [0.2, 0.25) is 0 Å². The van der Waals surface area contributed by atoms with E-state index < -0.39 is 0 Å². The van der Waals surface area contributed by atoms with Crippen molar-refractivity contribution < 1.29 is 24.1 Å². The molecule has 0 radical (unpaired) electrons. The summed E-state index contributed by atoms with van der Waals surface area (Å²) in [6.07, 6.45) is 1.88. The quantitative estimate of drug-likeness (QED) is 0.472. The van der Waals surface area contributed by atoms with Crippen molar-refractivity contribution in [2.24, 2.45) is 0 Å². The summed E-state index contributed by atoms with van der Waals surface area (Å²) in [6, 6.07) is 2.93. The molecule has 5 nitrogen and oxygen atoms in total. The topological polar surface area (TPSA) is 65.0 Å². The molecule has 0 unspecified atom stereocenters. The summed E-state index contributed by atoms with van der Waals surface area (Å²) >= 11 is 0. The monoisotopic (exact) mass is 280 g/mol. The molecule has 0 amide bonds. The molecule has 0 saturated carbocycles. The normalized spacial score (nSPS) is 10.0. The van der Waals surface area contributed by atoms with Gasteiger partial charge in [-0.3, -0.25) is 4.79 Å². The van der Waals surface area contributed by atoms with Crippen molar-refractivity contribution in [1.29, 1.82) is 0 Å². The largest absolute Gasteiger partial charge is 0.507 e. The predicted octanol–water partition coefficient (Wildman–Crippen LogP) is 2.92. The van der Waals surface area contributed by atoms with Crippen LogP contribution in [-0.4, -0.2) is 31.4 Å². The molecule has 1 aromatic rings. The number of rotatable bonds is 7. The Morgan fingerprint density at radius 1 is 1.25 bits per heavy atom. The first kappa shape index (κ1) is 16.0. The molecule has 0 atom stereocenters. The highest BCUT2D eigenvalue weighted by Crippen LogP contribution is 2.34. The zero-order valence-corrected chi connectivity index (χ0v) is 12.2. The summed E-state index contributed by atoms with van der Waals surface area (Å²) in [7, 11) is 1.50. The van der Waals surface area contributed by atoms with Gasteiger partial charge in [0.1, 0.15) is 29.4 Å². The number of carbonyl (C=O) groups is 1. The summed E-state index contributed by atoms with van der Waals surface area (Å²) in [5, 5.41) is 9.91. The van der Waals surface area contributed by atoms with E-state index in [1.165, 1.54) is 20.1 Å². The first-order chi connectivity index (χ1) is 9.45. The Hall–Kier alpha value is -2.01. The van der Waals surface area contributed by atoms with Gasteiger partial charge in [-0.25, -0.2) is 0 Å². The third kappa shape index (κ3) is 4.59. The lowest BCUT2D eigenvalue weighted by Crippen LogP contribution is -2.04. The molecule has 1 rings (SSSR count). The van der Waals surface area contributed by atoms with E-state index in [4.69, 9.17) is 14.2 Å². The van der Waals surface area contributed by atoms with Gasteiger partial charge >= 0.3 is 0 Å². The highest BCUT2D eigenvalue weighted by molar-refractivity contribution is 5.99. The minimum absolute atomic E-state index is 0.0479. The highest BCUT2D eigenvalue weighted by Gasteiger charge is 2.16. The third-order valence-corrected chi connectivity index (χ3v) is 2.48. The van der Waals surface area contributed by atoms with Crippen LogP contribution in [0.5, 0.6) is 17.2 Å². The molecule has 110 valence electrons. The summed E-state index contributed by atoms with van der Waals surface area (Å²) in [5.74, 6) is 0.231. The number of carbonyl (C=O) groups excluding carboxylic acids is 1. The standard InChI is InChI=1S/C15H20O5/c1-10(2)5-6-19-14-8-12(20-9-18-4)7-13(17)15(14)11(3)16/h5,7-8,17H,6,9H2,1-4H3. The molecule has 0 aliphatic rings. The lowest BCUT2D eigenvalue weighted by molar-refractivity contribution is 0.0508. The Bertz CT molecular complexity index is 501. The van der Waals surface area contributed by atoms with Crippen LogP contribution in [0, 0.1) is 0 Å². The minimum atomic E-state index is -0.270. The smallest absolute Gasteiger partial charge is 0.188 e. The second-order valence-corrected chi connectivity index (χ2v) is 4.52. The van der Waals surface area contributed by atoms with Crippen LogP contribution in [0.15, 0.2) is 23.8 Å². The Morgan fingerprint density at radius 2 is 1.95 bits per heavy atom. The fourth-order valence-corrected chi connectivity index (χ4v) is 1.55. The van der Waals surface area contributed by atoms with Crippen LogP contribution >= 0.6 is 0 Å². The Labute approximate surface area is 118 Å². The molecule has 0 saturated heterocycles. The van der Waals surface area contributed by atoms with Gasteiger partial charge in [0.2, 0.25) is 0 Å². The van der Waals surface area contributed by atoms with E-state index in [0.29, 0.717) is 18.1 Å². The van der Waals surface area contributed by atoms with Gasteiger partial charge in [0.25, 0.3) is 0 Å². The fourth-order valence-electron chi connectivity index (χ4n) is 1.55. The van der Waals surface area contributed by atoms with E-state index in [-0.39, 0.29) is 23.9 Å². The summed E-state index contributed by atoms with van der Waals surface area (Å²) in [6.45, 7) is 5.64.